The van der Waals surface area contributed by atoms with Crippen LogP contribution in [0.5, 0.6) is 5.88 Å². The number of amides is 1. The van der Waals surface area contributed by atoms with Crippen LogP contribution in [0.25, 0.3) is 0 Å². The number of nitrogens with zero attached hydrogens (tertiary/aromatic N) is 2. The number of aromatic nitrogens is 1. The van der Waals surface area contributed by atoms with Crippen molar-refractivity contribution in [2.45, 2.75) is 90.4 Å². The van der Waals surface area contributed by atoms with Crippen molar-refractivity contribution >= 4 is 5.91 Å². The highest BCUT2D eigenvalue weighted by molar-refractivity contribution is 5.98. The van der Waals surface area contributed by atoms with Gasteiger partial charge in [-0.3, -0.25) is 4.79 Å². The van der Waals surface area contributed by atoms with Gasteiger partial charge in [-0.1, -0.05) is 33.1 Å². The van der Waals surface area contributed by atoms with Crippen molar-refractivity contribution in [1.29, 1.82) is 0 Å². The predicted molar refractivity (Wildman–Crippen MR) is 106 cm³/mol. The van der Waals surface area contributed by atoms with Crippen LogP contribution in [0.1, 0.15) is 86.8 Å². The molecule has 1 aromatic heterocycles. The molecule has 1 atom stereocenters. The molecule has 27 heavy (non-hydrogen) atoms. The predicted octanol–water partition coefficient (Wildman–Crippen LogP) is 4.05. The molecule has 2 heterocycles. The van der Waals surface area contributed by atoms with Gasteiger partial charge in [0.1, 0.15) is 0 Å². The molecule has 0 spiro atoms. The third kappa shape index (κ3) is 3.84. The van der Waals surface area contributed by atoms with Crippen LogP contribution in [0.4, 0.5) is 0 Å². The second-order valence-electron chi connectivity index (χ2n) is 9.36. The lowest BCUT2D eigenvalue weighted by Gasteiger charge is -2.35. The first-order valence-corrected chi connectivity index (χ1v) is 10.6. The van der Waals surface area contributed by atoms with Gasteiger partial charge in [-0.15, -0.1) is 0 Å². The molecular weight excluding hydrogens is 338 g/mol. The van der Waals surface area contributed by atoms with Crippen LogP contribution in [0.3, 0.4) is 0 Å². The Bertz CT molecular complexity index is 710. The molecule has 2 fully saturated rings. The zero-order chi connectivity index (χ0) is 19.0. The zero-order valence-electron chi connectivity index (χ0n) is 17.0. The highest BCUT2D eigenvalue weighted by Crippen LogP contribution is 2.36. The first-order valence-electron chi connectivity index (χ1n) is 10.6. The summed E-state index contributed by atoms with van der Waals surface area (Å²) < 4.78 is 5.57. The van der Waals surface area contributed by atoms with Crippen molar-refractivity contribution in [3.05, 3.63) is 22.9 Å². The molecular formula is C22H33N3O2. The van der Waals surface area contributed by atoms with E-state index in [-0.39, 0.29) is 5.91 Å². The summed E-state index contributed by atoms with van der Waals surface area (Å²) >= 11 is 0. The van der Waals surface area contributed by atoms with Gasteiger partial charge in [0.25, 0.3) is 5.91 Å². The Balaban J connectivity index is 1.49. The maximum atomic E-state index is 13.0. The van der Waals surface area contributed by atoms with Crippen molar-refractivity contribution in [2.75, 3.05) is 7.11 Å². The average molecular weight is 372 g/mol. The van der Waals surface area contributed by atoms with Crippen molar-refractivity contribution in [3.8, 4) is 5.88 Å². The zero-order valence-corrected chi connectivity index (χ0v) is 17.0. The number of carbonyl (C=O) groups excluding carboxylic acids is 1. The van der Waals surface area contributed by atoms with Gasteiger partial charge in [-0.2, -0.15) is 0 Å². The van der Waals surface area contributed by atoms with Gasteiger partial charge in [0.2, 0.25) is 5.88 Å². The molecule has 0 aromatic carbocycles. The van der Waals surface area contributed by atoms with Crippen molar-refractivity contribution < 1.29 is 9.53 Å². The number of hydrogen-bond acceptors (Lipinski definition) is 4. The first-order chi connectivity index (χ1) is 13.0. The van der Waals surface area contributed by atoms with Gasteiger partial charge in [0.05, 0.1) is 24.9 Å². The minimum absolute atomic E-state index is 0.159. The molecule has 3 aliphatic rings. The molecule has 4 rings (SSSR count). The van der Waals surface area contributed by atoms with E-state index in [9.17, 15) is 4.79 Å². The monoisotopic (exact) mass is 371 g/mol. The second-order valence-corrected chi connectivity index (χ2v) is 9.36. The highest BCUT2D eigenvalue weighted by Gasteiger charge is 2.36. The summed E-state index contributed by atoms with van der Waals surface area (Å²) in [6.45, 7) is 6.06. The van der Waals surface area contributed by atoms with Crippen molar-refractivity contribution in [3.63, 3.8) is 0 Å². The van der Waals surface area contributed by atoms with Gasteiger partial charge in [0, 0.05) is 24.2 Å². The Morgan fingerprint density at radius 1 is 1.26 bits per heavy atom. The summed E-state index contributed by atoms with van der Waals surface area (Å²) in [6.07, 6.45) is 9.72. The smallest absolute Gasteiger partial charge is 0.256 e. The van der Waals surface area contributed by atoms with E-state index < -0.39 is 0 Å². The van der Waals surface area contributed by atoms with E-state index in [2.05, 4.69) is 19.2 Å². The minimum Gasteiger partial charge on any atom is -0.481 e. The molecule has 5 heteroatoms. The molecule has 0 unspecified atom stereocenters. The fourth-order valence-corrected chi connectivity index (χ4v) is 5.21. The summed E-state index contributed by atoms with van der Waals surface area (Å²) in [7, 11) is 1.67. The molecule has 2 saturated carbocycles. The van der Waals surface area contributed by atoms with Gasteiger partial charge < -0.3 is 15.0 Å². The molecule has 1 aromatic rings. The second kappa shape index (κ2) is 7.42. The number of rotatable bonds is 5. The van der Waals surface area contributed by atoms with E-state index in [0.29, 0.717) is 36.5 Å². The largest absolute Gasteiger partial charge is 0.481 e. The van der Waals surface area contributed by atoms with Crippen molar-refractivity contribution in [2.24, 2.45) is 5.41 Å². The summed E-state index contributed by atoms with van der Waals surface area (Å²) in [4.78, 5) is 19.7. The lowest BCUT2D eigenvalue weighted by atomic mass is 9.75. The molecule has 5 nitrogen and oxygen atoms in total. The van der Waals surface area contributed by atoms with Crippen LogP contribution >= 0.6 is 0 Å². The number of ether oxygens (including phenoxy) is 1. The van der Waals surface area contributed by atoms with Crippen LogP contribution in [0, 0.1) is 5.41 Å². The summed E-state index contributed by atoms with van der Waals surface area (Å²) in [6, 6.07) is 2.94. The Morgan fingerprint density at radius 3 is 2.74 bits per heavy atom. The summed E-state index contributed by atoms with van der Waals surface area (Å²) in [5.74, 6) is 0.824. The lowest BCUT2D eigenvalue weighted by molar-refractivity contribution is 0.0706. The molecule has 0 saturated heterocycles. The normalized spacial score (nSPS) is 25.1. The molecule has 0 bridgehead atoms. The third-order valence-corrected chi connectivity index (χ3v) is 6.70. The summed E-state index contributed by atoms with van der Waals surface area (Å²) in [5.41, 5.74) is 3.07. The van der Waals surface area contributed by atoms with E-state index in [4.69, 9.17) is 9.72 Å². The number of pyridine rings is 1. The van der Waals surface area contributed by atoms with Gasteiger partial charge in [-0.25, -0.2) is 4.98 Å². The molecule has 2 aliphatic carbocycles. The van der Waals surface area contributed by atoms with Gasteiger partial charge in [0.15, 0.2) is 0 Å². The standard InChI is InChI=1S/C22H33N3O2/c1-22(2)10-6-7-16(12-22)23-13-15-11-18-19(24-20(15)27-3)14-25(21(18)26)17-8-4-5-9-17/h11,16-17,23H,4-10,12-14H2,1-3H3/t16-/m0/s1. The van der Waals surface area contributed by atoms with E-state index in [0.717, 1.165) is 29.7 Å². The van der Waals surface area contributed by atoms with Crippen LogP contribution in [0.15, 0.2) is 6.07 Å². The number of hydrogen-bond donors (Lipinski definition) is 1. The fourth-order valence-electron chi connectivity index (χ4n) is 5.21. The van der Waals surface area contributed by atoms with E-state index in [1.165, 1.54) is 38.5 Å². The Labute approximate surface area is 162 Å². The molecule has 1 aliphatic heterocycles. The summed E-state index contributed by atoms with van der Waals surface area (Å²) in [5, 5.41) is 3.70. The molecule has 148 valence electrons. The SMILES string of the molecule is COc1nc2c(cc1CN[C@H]1CCCC(C)(C)C1)C(=O)N(C1CCCC1)C2. The molecule has 0 radical (unpaired) electrons. The third-order valence-electron chi connectivity index (χ3n) is 6.70. The van der Waals surface area contributed by atoms with E-state index >= 15 is 0 Å². The van der Waals surface area contributed by atoms with Crippen LogP contribution in [-0.4, -0.2) is 35.0 Å². The van der Waals surface area contributed by atoms with Crippen molar-refractivity contribution in [1.82, 2.24) is 15.2 Å². The first kappa shape index (κ1) is 18.7. The number of methoxy groups -OCH3 is 1. The number of fused-ring (bicyclic) bond motifs is 1. The maximum Gasteiger partial charge on any atom is 0.256 e. The fraction of sp³-hybridized carbons (Fsp3) is 0.727. The maximum absolute atomic E-state index is 13.0. The van der Waals surface area contributed by atoms with Crippen LogP contribution < -0.4 is 10.1 Å². The van der Waals surface area contributed by atoms with Gasteiger partial charge in [-0.05, 0) is 43.6 Å². The van der Waals surface area contributed by atoms with Crippen LogP contribution in [0.2, 0.25) is 0 Å². The Morgan fingerprint density at radius 2 is 2.04 bits per heavy atom. The Hall–Kier alpha value is -1.62. The van der Waals surface area contributed by atoms with Gasteiger partial charge >= 0.3 is 0 Å². The number of carbonyl (C=O) groups is 1. The topological polar surface area (TPSA) is 54.5 Å². The van der Waals surface area contributed by atoms with Crippen LogP contribution in [-0.2, 0) is 13.1 Å². The lowest BCUT2D eigenvalue weighted by Crippen LogP contribution is -2.37. The number of nitrogens with one attached hydrogen (secondary N) is 1. The van der Waals surface area contributed by atoms with E-state index in [1.54, 1.807) is 7.11 Å². The van der Waals surface area contributed by atoms with E-state index in [1.807, 2.05) is 11.0 Å². The molecule has 1 N–H and O–H groups in total. The highest BCUT2D eigenvalue weighted by atomic mass is 16.5. The minimum atomic E-state index is 0.159. The Kier molecular flexibility index (Phi) is 5.15. The average Bonchev–Trinajstić information content (AvgIpc) is 3.26. The molecule has 1 amide bonds. The quantitative estimate of drug-likeness (QED) is 0.848.